The van der Waals surface area contributed by atoms with Gasteiger partial charge >= 0.3 is 0 Å². The van der Waals surface area contributed by atoms with Crippen LogP contribution in [0.2, 0.25) is 0 Å². The van der Waals surface area contributed by atoms with Crippen LogP contribution in [0.3, 0.4) is 0 Å². The Labute approximate surface area is 72.3 Å². The molecule has 3 heteroatoms. The number of hydrogen-bond acceptors (Lipinski definition) is 3. The standard InChI is InChI=1S/C9H13NO2/c1-2-7-5-9(3-4-11-7)8(6-10)12-9/h7-8H,2-5H2,1H3. The Balaban J connectivity index is 1.97. The first-order valence-corrected chi connectivity index (χ1v) is 4.50. The maximum atomic E-state index is 8.67. The van der Waals surface area contributed by atoms with Crippen molar-refractivity contribution in [3.63, 3.8) is 0 Å². The molecule has 66 valence electrons. The molecule has 0 amide bonds. The average Bonchev–Trinajstić information content (AvgIpc) is 2.78. The summed E-state index contributed by atoms with van der Waals surface area (Å²) in [6, 6.07) is 2.17. The van der Waals surface area contributed by atoms with Crippen molar-refractivity contribution >= 4 is 0 Å². The molecule has 2 aliphatic rings. The highest BCUT2D eigenvalue weighted by Crippen LogP contribution is 2.46. The predicted octanol–water partition coefficient (Wildman–Crippen LogP) is 1.24. The average molecular weight is 167 g/mol. The summed E-state index contributed by atoms with van der Waals surface area (Å²) in [5.74, 6) is 0. The van der Waals surface area contributed by atoms with Crippen molar-refractivity contribution in [1.29, 1.82) is 5.26 Å². The van der Waals surface area contributed by atoms with Gasteiger partial charge in [-0.1, -0.05) is 6.92 Å². The molecule has 1 spiro atoms. The Morgan fingerprint density at radius 3 is 3.08 bits per heavy atom. The molecule has 3 nitrogen and oxygen atoms in total. The molecule has 3 unspecified atom stereocenters. The lowest BCUT2D eigenvalue weighted by molar-refractivity contribution is -0.0209. The molecule has 0 aromatic rings. The van der Waals surface area contributed by atoms with Crippen LogP contribution in [0, 0.1) is 11.3 Å². The summed E-state index contributed by atoms with van der Waals surface area (Å²) >= 11 is 0. The Morgan fingerprint density at radius 1 is 1.67 bits per heavy atom. The van der Waals surface area contributed by atoms with Gasteiger partial charge in [0.25, 0.3) is 0 Å². The fraction of sp³-hybridized carbons (Fsp3) is 0.889. The van der Waals surface area contributed by atoms with Gasteiger partial charge in [-0.2, -0.15) is 5.26 Å². The molecule has 12 heavy (non-hydrogen) atoms. The van der Waals surface area contributed by atoms with E-state index in [4.69, 9.17) is 14.7 Å². The Bertz CT molecular complexity index is 223. The Hall–Kier alpha value is -0.590. The molecule has 0 radical (unpaired) electrons. The largest absolute Gasteiger partial charge is 0.378 e. The van der Waals surface area contributed by atoms with Crippen LogP contribution in [-0.4, -0.2) is 24.4 Å². The third-order valence-corrected chi connectivity index (χ3v) is 2.80. The van der Waals surface area contributed by atoms with Crippen LogP contribution in [0.1, 0.15) is 26.2 Å². The molecule has 0 saturated carbocycles. The molecule has 2 aliphatic heterocycles. The number of rotatable bonds is 1. The highest BCUT2D eigenvalue weighted by Gasteiger charge is 2.58. The molecule has 2 rings (SSSR count). The molecular weight excluding hydrogens is 154 g/mol. The van der Waals surface area contributed by atoms with E-state index in [1.54, 1.807) is 0 Å². The summed E-state index contributed by atoms with van der Waals surface area (Å²) in [6.45, 7) is 2.85. The SMILES string of the molecule is CCC1CC2(CCO1)OC2C#N. The normalized spacial score (nSPS) is 45.7. The van der Waals surface area contributed by atoms with Crippen molar-refractivity contribution in [2.45, 2.75) is 44.0 Å². The number of ether oxygens (including phenoxy) is 2. The molecule has 0 aliphatic carbocycles. The lowest BCUT2D eigenvalue weighted by atomic mass is 9.91. The van der Waals surface area contributed by atoms with Crippen LogP contribution in [0.25, 0.3) is 0 Å². The maximum Gasteiger partial charge on any atom is 0.173 e. The van der Waals surface area contributed by atoms with Crippen LogP contribution in [0.5, 0.6) is 0 Å². The number of nitriles is 1. The van der Waals surface area contributed by atoms with E-state index < -0.39 is 0 Å². The molecular formula is C9H13NO2. The van der Waals surface area contributed by atoms with Crippen LogP contribution < -0.4 is 0 Å². The van der Waals surface area contributed by atoms with Gasteiger partial charge in [0.05, 0.1) is 12.2 Å². The highest BCUT2D eigenvalue weighted by molar-refractivity contribution is 5.15. The van der Waals surface area contributed by atoms with Gasteiger partial charge < -0.3 is 9.47 Å². The lowest BCUT2D eigenvalue weighted by Gasteiger charge is -2.26. The molecule has 0 aromatic heterocycles. The van der Waals surface area contributed by atoms with E-state index in [1.807, 2.05) is 0 Å². The summed E-state index contributed by atoms with van der Waals surface area (Å²) in [5, 5.41) is 8.67. The summed E-state index contributed by atoms with van der Waals surface area (Å²) < 4.78 is 10.9. The van der Waals surface area contributed by atoms with Gasteiger partial charge in [0.15, 0.2) is 6.10 Å². The summed E-state index contributed by atoms with van der Waals surface area (Å²) in [7, 11) is 0. The molecule has 2 heterocycles. The predicted molar refractivity (Wildman–Crippen MR) is 42.5 cm³/mol. The Kier molecular flexibility index (Phi) is 1.82. The minimum atomic E-state index is -0.157. The summed E-state index contributed by atoms with van der Waals surface area (Å²) in [6.07, 6.45) is 2.96. The van der Waals surface area contributed by atoms with E-state index in [9.17, 15) is 0 Å². The fourth-order valence-electron chi connectivity index (χ4n) is 1.90. The number of nitrogens with zero attached hydrogens (tertiary/aromatic N) is 1. The van der Waals surface area contributed by atoms with E-state index in [0.29, 0.717) is 6.10 Å². The first-order chi connectivity index (χ1) is 5.80. The topological polar surface area (TPSA) is 45.5 Å². The van der Waals surface area contributed by atoms with E-state index in [0.717, 1.165) is 25.9 Å². The Morgan fingerprint density at radius 2 is 2.50 bits per heavy atom. The summed E-state index contributed by atoms with van der Waals surface area (Å²) in [5.41, 5.74) is -0.117. The van der Waals surface area contributed by atoms with Gasteiger partial charge in [-0.05, 0) is 6.42 Å². The zero-order valence-corrected chi connectivity index (χ0v) is 7.25. The smallest absolute Gasteiger partial charge is 0.173 e. The molecule has 0 bridgehead atoms. The molecule has 0 aromatic carbocycles. The number of hydrogen-bond donors (Lipinski definition) is 0. The van der Waals surface area contributed by atoms with Crippen molar-refractivity contribution in [3.8, 4) is 6.07 Å². The van der Waals surface area contributed by atoms with Gasteiger partial charge in [0.2, 0.25) is 0 Å². The van der Waals surface area contributed by atoms with Gasteiger partial charge in [0, 0.05) is 19.4 Å². The van der Waals surface area contributed by atoms with Gasteiger partial charge in [-0.3, -0.25) is 0 Å². The highest BCUT2D eigenvalue weighted by atomic mass is 16.6. The van der Waals surface area contributed by atoms with Crippen LogP contribution in [0.4, 0.5) is 0 Å². The van der Waals surface area contributed by atoms with Crippen molar-refractivity contribution in [2.24, 2.45) is 0 Å². The van der Waals surface area contributed by atoms with Crippen molar-refractivity contribution in [1.82, 2.24) is 0 Å². The molecule has 2 fully saturated rings. The second kappa shape index (κ2) is 2.72. The monoisotopic (exact) mass is 167 g/mol. The summed E-state index contributed by atoms with van der Waals surface area (Å²) in [4.78, 5) is 0. The van der Waals surface area contributed by atoms with Crippen LogP contribution in [0.15, 0.2) is 0 Å². The van der Waals surface area contributed by atoms with Crippen molar-refractivity contribution in [2.75, 3.05) is 6.61 Å². The zero-order chi connectivity index (χ0) is 8.60. The van der Waals surface area contributed by atoms with Crippen molar-refractivity contribution < 1.29 is 9.47 Å². The fourth-order valence-corrected chi connectivity index (χ4v) is 1.90. The van der Waals surface area contributed by atoms with E-state index in [2.05, 4.69) is 13.0 Å². The van der Waals surface area contributed by atoms with Gasteiger partial charge in [-0.25, -0.2) is 0 Å². The second-order valence-electron chi connectivity index (χ2n) is 3.55. The second-order valence-corrected chi connectivity index (χ2v) is 3.55. The third kappa shape index (κ3) is 1.12. The minimum Gasteiger partial charge on any atom is -0.378 e. The number of epoxide rings is 1. The van der Waals surface area contributed by atoms with Crippen molar-refractivity contribution in [3.05, 3.63) is 0 Å². The van der Waals surface area contributed by atoms with Crippen LogP contribution in [-0.2, 0) is 9.47 Å². The first kappa shape index (κ1) is 8.03. The van der Waals surface area contributed by atoms with Gasteiger partial charge in [0.1, 0.15) is 5.60 Å². The third-order valence-electron chi connectivity index (χ3n) is 2.80. The minimum absolute atomic E-state index is 0.117. The zero-order valence-electron chi connectivity index (χ0n) is 7.25. The van der Waals surface area contributed by atoms with E-state index in [-0.39, 0.29) is 11.7 Å². The van der Waals surface area contributed by atoms with E-state index in [1.165, 1.54) is 0 Å². The van der Waals surface area contributed by atoms with E-state index >= 15 is 0 Å². The molecule has 3 atom stereocenters. The first-order valence-electron chi connectivity index (χ1n) is 4.50. The maximum absolute atomic E-state index is 8.67. The van der Waals surface area contributed by atoms with Gasteiger partial charge in [-0.15, -0.1) is 0 Å². The quantitative estimate of drug-likeness (QED) is 0.552. The lowest BCUT2D eigenvalue weighted by Crippen LogP contribution is -2.32. The molecule has 0 N–H and O–H groups in total. The molecule has 2 saturated heterocycles. The van der Waals surface area contributed by atoms with Crippen LogP contribution >= 0.6 is 0 Å².